The maximum atomic E-state index is 14.9. The molecule has 3 aromatic rings. The minimum absolute atomic E-state index is 0.0178. The molecule has 0 amide bonds. The van der Waals surface area contributed by atoms with E-state index in [-0.39, 0.29) is 11.9 Å². The third-order valence-corrected chi connectivity index (χ3v) is 8.38. The van der Waals surface area contributed by atoms with Crippen LogP contribution in [0, 0.1) is 12.7 Å². The zero-order valence-corrected chi connectivity index (χ0v) is 20.6. The molecular weight excluding hydrogens is 514 g/mol. The predicted molar refractivity (Wildman–Crippen MR) is 123 cm³/mol. The smallest absolute Gasteiger partial charge is 0.370 e. The maximum Gasteiger partial charge on any atom is 0.434 e. The molecule has 0 aliphatic carbocycles. The second-order valence-electron chi connectivity index (χ2n) is 7.96. The molecular formula is C20H21F4N5O2S3. The Labute approximate surface area is 202 Å². The van der Waals surface area contributed by atoms with E-state index < -0.39 is 32.6 Å². The Morgan fingerprint density at radius 3 is 2.71 bits per heavy atom. The van der Waals surface area contributed by atoms with Crippen molar-refractivity contribution in [1.29, 1.82) is 0 Å². The summed E-state index contributed by atoms with van der Waals surface area (Å²) in [7, 11) is -2.35. The first-order chi connectivity index (χ1) is 15.9. The van der Waals surface area contributed by atoms with Crippen LogP contribution in [0.5, 0.6) is 0 Å². The highest BCUT2D eigenvalue weighted by Gasteiger charge is 2.34. The Bertz CT molecular complexity index is 1260. The van der Waals surface area contributed by atoms with Crippen molar-refractivity contribution in [1.82, 2.24) is 14.9 Å². The molecule has 0 saturated carbocycles. The summed E-state index contributed by atoms with van der Waals surface area (Å²) in [4.78, 5) is 11.0. The number of likely N-dealkylation sites (tertiary alicyclic amines) is 1. The van der Waals surface area contributed by atoms with Crippen molar-refractivity contribution in [3.8, 4) is 0 Å². The van der Waals surface area contributed by atoms with Crippen LogP contribution in [-0.2, 0) is 22.7 Å². The number of thiazole rings is 2. The van der Waals surface area contributed by atoms with Gasteiger partial charge in [-0.05, 0) is 31.0 Å². The molecule has 0 spiro atoms. The van der Waals surface area contributed by atoms with Gasteiger partial charge in [-0.15, -0.1) is 22.7 Å². The molecule has 184 valence electrons. The SMILES string of the molecule is Cc1cc(S(=O)(=O)Nc2cscn2)c(F)cc1N(C)C1CCN(Cc2nc(C(F)(F)F)cs2)C1. The van der Waals surface area contributed by atoms with Gasteiger partial charge in [0.1, 0.15) is 15.7 Å². The van der Waals surface area contributed by atoms with Crippen LogP contribution >= 0.6 is 22.7 Å². The predicted octanol–water partition coefficient (Wildman–Crippen LogP) is 4.58. The van der Waals surface area contributed by atoms with E-state index in [1.165, 1.54) is 34.4 Å². The lowest BCUT2D eigenvalue weighted by Gasteiger charge is -2.29. The van der Waals surface area contributed by atoms with E-state index in [0.717, 1.165) is 23.1 Å². The molecule has 0 radical (unpaired) electrons. The van der Waals surface area contributed by atoms with Gasteiger partial charge in [0.05, 0.1) is 12.1 Å². The number of benzene rings is 1. The van der Waals surface area contributed by atoms with Gasteiger partial charge in [-0.3, -0.25) is 9.62 Å². The topological polar surface area (TPSA) is 78.4 Å². The van der Waals surface area contributed by atoms with Gasteiger partial charge < -0.3 is 4.90 Å². The number of nitrogens with zero attached hydrogens (tertiary/aromatic N) is 4. The van der Waals surface area contributed by atoms with Crippen molar-refractivity contribution in [3.63, 3.8) is 0 Å². The summed E-state index contributed by atoms with van der Waals surface area (Å²) in [5, 5.41) is 2.91. The zero-order valence-electron chi connectivity index (χ0n) is 18.1. The molecule has 3 heterocycles. The molecule has 1 aromatic carbocycles. The third kappa shape index (κ3) is 5.34. The van der Waals surface area contributed by atoms with Crippen LogP contribution in [0.25, 0.3) is 0 Å². The first kappa shape index (κ1) is 24.8. The Morgan fingerprint density at radius 1 is 1.29 bits per heavy atom. The highest BCUT2D eigenvalue weighted by Crippen LogP contribution is 2.32. The summed E-state index contributed by atoms with van der Waals surface area (Å²) in [6, 6.07) is 2.47. The number of likely N-dealkylation sites (N-methyl/N-ethyl adjacent to an activating group) is 1. The Morgan fingerprint density at radius 2 is 2.06 bits per heavy atom. The molecule has 4 rings (SSSR count). The first-order valence-corrected chi connectivity index (χ1v) is 13.4. The normalized spacial score (nSPS) is 17.3. The lowest BCUT2D eigenvalue weighted by molar-refractivity contribution is -0.140. The average Bonchev–Trinajstić information content (AvgIpc) is 3.50. The molecule has 1 fully saturated rings. The minimum atomic E-state index is -4.46. The molecule has 1 unspecified atom stereocenters. The summed E-state index contributed by atoms with van der Waals surface area (Å²) >= 11 is 2.19. The van der Waals surface area contributed by atoms with E-state index >= 15 is 0 Å². The fourth-order valence-corrected chi connectivity index (χ4v) is 6.40. The molecule has 14 heteroatoms. The van der Waals surface area contributed by atoms with Crippen LogP contribution in [0.1, 0.15) is 22.7 Å². The van der Waals surface area contributed by atoms with Crippen LogP contribution in [0.3, 0.4) is 0 Å². The third-order valence-electron chi connectivity index (χ3n) is 5.59. The van der Waals surface area contributed by atoms with Gasteiger partial charge in [-0.2, -0.15) is 13.2 Å². The quantitative estimate of drug-likeness (QED) is 0.447. The number of rotatable bonds is 7. The van der Waals surface area contributed by atoms with Gasteiger partial charge in [-0.25, -0.2) is 22.8 Å². The fraction of sp³-hybridized carbons (Fsp3) is 0.400. The second kappa shape index (κ2) is 9.40. The lowest BCUT2D eigenvalue weighted by Crippen LogP contribution is -2.35. The van der Waals surface area contributed by atoms with Gasteiger partial charge in [0.2, 0.25) is 0 Å². The largest absolute Gasteiger partial charge is 0.434 e. The summed E-state index contributed by atoms with van der Waals surface area (Å²) in [6.07, 6.45) is -3.74. The second-order valence-corrected chi connectivity index (χ2v) is 11.3. The van der Waals surface area contributed by atoms with Crippen LogP contribution in [0.15, 0.2) is 33.3 Å². The number of halogens is 4. The van der Waals surface area contributed by atoms with Crippen molar-refractivity contribution >= 4 is 44.2 Å². The Balaban J connectivity index is 1.45. The summed E-state index contributed by atoms with van der Waals surface area (Å²) in [5.74, 6) is -0.760. The van der Waals surface area contributed by atoms with E-state index in [9.17, 15) is 26.0 Å². The van der Waals surface area contributed by atoms with Crippen LogP contribution in [-0.4, -0.2) is 49.5 Å². The summed E-state index contributed by atoms with van der Waals surface area (Å²) < 4.78 is 80.7. The first-order valence-electron chi connectivity index (χ1n) is 10.1. The minimum Gasteiger partial charge on any atom is -0.370 e. The van der Waals surface area contributed by atoms with Gasteiger partial charge >= 0.3 is 6.18 Å². The van der Waals surface area contributed by atoms with E-state index in [1.807, 2.05) is 9.80 Å². The van der Waals surface area contributed by atoms with Crippen molar-refractivity contribution in [2.24, 2.45) is 0 Å². The van der Waals surface area contributed by atoms with E-state index in [0.29, 0.717) is 35.9 Å². The number of hydrogen-bond acceptors (Lipinski definition) is 8. The van der Waals surface area contributed by atoms with Crippen molar-refractivity contribution in [2.45, 2.75) is 37.0 Å². The molecule has 1 atom stereocenters. The van der Waals surface area contributed by atoms with Crippen molar-refractivity contribution < 1.29 is 26.0 Å². The highest BCUT2D eigenvalue weighted by atomic mass is 32.2. The van der Waals surface area contributed by atoms with E-state index in [4.69, 9.17) is 0 Å². The lowest BCUT2D eigenvalue weighted by atomic mass is 10.1. The molecule has 1 saturated heterocycles. The monoisotopic (exact) mass is 535 g/mol. The van der Waals surface area contributed by atoms with Gasteiger partial charge in [0, 0.05) is 42.6 Å². The molecule has 1 aliphatic heterocycles. The van der Waals surface area contributed by atoms with Crippen molar-refractivity contribution in [2.75, 3.05) is 29.8 Å². The number of aromatic nitrogens is 2. The molecule has 2 aromatic heterocycles. The molecule has 0 bridgehead atoms. The zero-order chi connectivity index (χ0) is 24.7. The van der Waals surface area contributed by atoms with Gasteiger partial charge in [0.15, 0.2) is 11.5 Å². The molecule has 7 nitrogen and oxygen atoms in total. The number of alkyl halides is 3. The molecule has 1 aliphatic rings. The Kier molecular flexibility index (Phi) is 6.86. The summed E-state index contributed by atoms with van der Waals surface area (Å²) in [6.45, 7) is 3.22. The van der Waals surface area contributed by atoms with Gasteiger partial charge in [0.25, 0.3) is 10.0 Å². The van der Waals surface area contributed by atoms with E-state index in [2.05, 4.69) is 14.7 Å². The molecule has 34 heavy (non-hydrogen) atoms. The highest BCUT2D eigenvalue weighted by molar-refractivity contribution is 7.92. The van der Waals surface area contributed by atoms with Crippen molar-refractivity contribution in [3.05, 3.63) is 50.5 Å². The standard InChI is InChI=1S/C20H21F4N5O2S3/c1-12-5-16(34(30,31)27-18-10-32-11-25-18)14(21)6-15(12)28(2)13-3-4-29(7-13)8-19-26-17(9-33-19)20(22,23)24/h5-6,9-11,13,27H,3-4,7-8H2,1-2H3. The maximum absolute atomic E-state index is 14.9. The van der Waals surface area contributed by atoms with Crippen LogP contribution in [0.4, 0.5) is 29.1 Å². The number of nitrogens with one attached hydrogen (secondary N) is 1. The average molecular weight is 536 g/mol. The van der Waals surface area contributed by atoms with Gasteiger partial charge in [-0.1, -0.05) is 0 Å². The Hall–Kier alpha value is -2.29. The number of aryl methyl sites for hydroxylation is 1. The number of hydrogen-bond donors (Lipinski definition) is 1. The van der Waals surface area contributed by atoms with Crippen LogP contribution in [0.2, 0.25) is 0 Å². The molecule has 1 N–H and O–H groups in total. The van der Waals surface area contributed by atoms with Crippen LogP contribution < -0.4 is 9.62 Å². The fourth-order valence-electron chi connectivity index (χ4n) is 3.86. The summed E-state index contributed by atoms with van der Waals surface area (Å²) in [5.41, 5.74) is 1.71. The van der Waals surface area contributed by atoms with E-state index in [1.54, 1.807) is 14.0 Å². The number of sulfonamides is 1. The number of anilines is 2.